The smallest absolute Gasteiger partial charge is 0.335 e. The van der Waals surface area contributed by atoms with Crippen molar-refractivity contribution in [2.24, 2.45) is 5.73 Å². The van der Waals surface area contributed by atoms with Crippen LogP contribution in [0.25, 0.3) is 11.1 Å². The van der Waals surface area contributed by atoms with E-state index in [2.05, 4.69) is 10.3 Å². The second-order valence-electron chi connectivity index (χ2n) is 7.94. The number of pyridine rings is 1. The molecule has 0 aliphatic rings. The molecule has 0 aliphatic heterocycles. The number of nitrogens with zero attached hydrogens (tertiary/aromatic N) is 1. The lowest BCUT2D eigenvalue weighted by Gasteiger charge is -2.17. The number of rotatable bonds is 10. The van der Waals surface area contributed by atoms with Gasteiger partial charge in [-0.05, 0) is 84.3 Å². The largest absolute Gasteiger partial charge is 0.489 e. The standard InChI is InChI=1S/C28H29N3O4/c1-3-20(17-29)16-25(27(32)31-19(2)21-4-6-24(7-5-21)28(33)34)18-35-26-10-8-22(9-11-26)23-12-14-30-15-13-23/h4-17,19H,3,18,29H2,1-2H3,(H,31,32)(H,33,34)/b20-17-,25-16+. The van der Waals surface area contributed by atoms with Crippen LogP contribution in [0.1, 0.15) is 42.2 Å². The Morgan fingerprint density at radius 1 is 1.03 bits per heavy atom. The average Bonchev–Trinajstić information content (AvgIpc) is 2.89. The van der Waals surface area contributed by atoms with Crippen LogP contribution in [-0.2, 0) is 4.79 Å². The Hall–Kier alpha value is -4.39. The molecule has 0 saturated heterocycles. The fourth-order valence-corrected chi connectivity index (χ4v) is 3.40. The number of carboxylic acids is 1. The van der Waals surface area contributed by atoms with E-state index in [1.807, 2.05) is 50.2 Å². The van der Waals surface area contributed by atoms with Crippen molar-refractivity contribution in [2.75, 3.05) is 6.61 Å². The first-order valence-corrected chi connectivity index (χ1v) is 11.3. The zero-order chi connectivity index (χ0) is 25.2. The minimum Gasteiger partial charge on any atom is -0.489 e. The van der Waals surface area contributed by atoms with Gasteiger partial charge in [-0.2, -0.15) is 0 Å². The number of benzene rings is 2. The number of allylic oxidation sites excluding steroid dienone is 2. The van der Waals surface area contributed by atoms with Crippen molar-refractivity contribution in [3.05, 3.63) is 108 Å². The predicted molar refractivity (Wildman–Crippen MR) is 136 cm³/mol. The van der Waals surface area contributed by atoms with Gasteiger partial charge in [0.05, 0.1) is 17.2 Å². The first-order chi connectivity index (χ1) is 16.9. The molecule has 1 unspecified atom stereocenters. The van der Waals surface area contributed by atoms with Gasteiger partial charge in [-0.25, -0.2) is 4.79 Å². The van der Waals surface area contributed by atoms with Crippen molar-refractivity contribution in [2.45, 2.75) is 26.3 Å². The molecule has 7 nitrogen and oxygen atoms in total. The van der Waals surface area contributed by atoms with E-state index in [1.165, 1.54) is 18.3 Å². The number of nitrogens with one attached hydrogen (secondary N) is 1. The highest BCUT2D eigenvalue weighted by molar-refractivity contribution is 5.94. The number of hydrogen-bond acceptors (Lipinski definition) is 5. The number of hydrogen-bond donors (Lipinski definition) is 3. The molecule has 3 aromatic rings. The van der Waals surface area contributed by atoms with Gasteiger partial charge in [-0.15, -0.1) is 0 Å². The lowest BCUT2D eigenvalue weighted by Crippen LogP contribution is -2.30. The van der Waals surface area contributed by atoms with Gasteiger partial charge >= 0.3 is 5.97 Å². The molecule has 1 aromatic heterocycles. The molecule has 1 atom stereocenters. The van der Waals surface area contributed by atoms with E-state index < -0.39 is 5.97 Å². The van der Waals surface area contributed by atoms with Gasteiger partial charge in [0.25, 0.3) is 5.91 Å². The van der Waals surface area contributed by atoms with Crippen LogP contribution < -0.4 is 15.8 Å². The third-order valence-corrected chi connectivity index (χ3v) is 5.54. The Morgan fingerprint density at radius 3 is 2.23 bits per heavy atom. The molecule has 3 rings (SSSR count). The fraction of sp³-hybridized carbons (Fsp3) is 0.179. The number of carboxylic acid groups (broad SMARTS) is 1. The zero-order valence-corrected chi connectivity index (χ0v) is 19.8. The number of amides is 1. The highest BCUT2D eigenvalue weighted by atomic mass is 16.5. The van der Waals surface area contributed by atoms with Gasteiger partial charge in [0.15, 0.2) is 0 Å². The van der Waals surface area contributed by atoms with Crippen molar-refractivity contribution in [3.8, 4) is 16.9 Å². The van der Waals surface area contributed by atoms with Crippen molar-refractivity contribution < 1.29 is 19.4 Å². The van der Waals surface area contributed by atoms with E-state index in [9.17, 15) is 9.59 Å². The molecule has 180 valence electrons. The van der Waals surface area contributed by atoms with Crippen LogP contribution in [-0.4, -0.2) is 28.6 Å². The molecular formula is C28H29N3O4. The Labute approximate surface area is 205 Å². The normalized spacial score (nSPS) is 12.6. The van der Waals surface area contributed by atoms with Gasteiger partial charge in [0.1, 0.15) is 12.4 Å². The number of ether oxygens (including phenoxy) is 1. The molecule has 0 fully saturated rings. The molecule has 0 radical (unpaired) electrons. The molecule has 4 N–H and O–H groups in total. The molecule has 35 heavy (non-hydrogen) atoms. The number of nitrogens with two attached hydrogens (primary N) is 1. The molecule has 7 heteroatoms. The number of carbonyl (C=O) groups excluding carboxylic acids is 1. The van der Waals surface area contributed by atoms with Crippen molar-refractivity contribution >= 4 is 11.9 Å². The topological polar surface area (TPSA) is 115 Å². The second-order valence-corrected chi connectivity index (χ2v) is 7.94. The second kappa shape index (κ2) is 12.2. The monoisotopic (exact) mass is 471 g/mol. The third kappa shape index (κ3) is 7.04. The summed E-state index contributed by atoms with van der Waals surface area (Å²) in [7, 11) is 0. The first-order valence-electron chi connectivity index (χ1n) is 11.3. The summed E-state index contributed by atoms with van der Waals surface area (Å²) >= 11 is 0. The summed E-state index contributed by atoms with van der Waals surface area (Å²) in [6.45, 7) is 3.85. The molecule has 0 spiro atoms. The maximum atomic E-state index is 13.1. The lowest BCUT2D eigenvalue weighted by atomic mass is 10.0. The Balaban J connectivity index is 1.71. The van der Waals surface area contributed by atoms with Gasteiger partial charge < -0.3 is 20.9 Å². The van der Waals surface area contributed by atoms with E-state index in [1.54, 1.807) is 30.6 Å². The lowest BCUT2D eigenvalue weighted by molar-refractivity contribution is -0.118. The SMILES string of the molecule is CCC(=C/N)/C=C(\COc1ccc(-c2ccncc2)cc1)C(=O)NC(C)c1ccc(C(=O)O)cc1. The van der Waals surface area contributed by atoms with Crippen LogP contribution in [0.4, 0.5) is 0 Å². The van der Waals surface area contributed by atoms with Crippen LogP contribution in [0.5, 0.6) is 5.75 Å². The summed E-state index contributed by atoms with van der Waals surface area (Å²) in [5.41, 5.74) is 10.0. The van der Waals surface area contributed by atoms with Gasteiger partial charge in [-0.1, -0.05) is 31.2 Å². The Morgan fingerprint density at radius 2 is 1.66 bits per heavy atom. The van der Waals surface area contributed by atoms with Crippen LogP contribution in [0, 0.1) is 0 Å². The summed E-state index contributed by atoms with van der Waals surface area (Å²) in [4.78, 5) is 28.2. The maximum absolute atomic E-state index is 13.1. The summed E-state index contributed by atoms with van der Waals surface area (Å²) in [6, 6.07) is 17.6. The van der Waals surface area contributed by atoms with Gasteiger partial charge in [0, 0.05) is 12.4 Å². The quantitative estimate of drug-likeness (QED) is 0.287. The molecule has 1 amide bonds. The van der Waals surface area contributed by atoms with Crippen LogP contribution in [0.3, 0.4) is 0 Å². The van der Waals surface area contributed by atoms with Crippen molar-refractivity contribution in [3.63, 3.8) is 0 Å². The average molecular weight is 472 g/mol. The fourth-order valence-electron chi connectivity index (χ4n) is 3.40. The van der Waals surface area contributed by atoms with Crippen molar-refractivity contribution in [1.82, 2.24) is 10.3 Å². The summed E-state index contributed by atoms with van der Waals surface area (Å²) in [5, 5.41) is 12.0. The molecule has 0 bridgehead atoms. The van der Waals surface area contributed by atoms with Crippen LogP contribution >= 0.6 is 0 Å². The highest BCUT2D eigenvalue weighted by Crippen LogP contribution is 2.22. The third-order valence-electron chi connectivity index (χ3n) is 5.54. The van der Waals surface area contributed by atoms with E-state index in [4.69, 9.17) is 15.6 Å². The van der Waals surface area contributed by atoms with Gasteiger partial charge in [-0.3, -0.25) is 9.78 Å². The van der Waals surface area contributed by atoms with E-state index in [-0.39, 0.29) is 24.1 Å². The molecule has 1 heterocycles. The molecule has 2 aromatic carbocycles. The Bertz CT molecular complexity index is 1200. The highest BCUT2D eigenvalue weighted by Gasteiger charge is 2.16. The number of carbonyl (C=O) groups is 2. The van der Waals surface area contributed by atoms with Crippen LogP contribution in [0.2, 0.25) is 0 Å². The molecule has 0 saturated carbocycles. The predicted octanol–water partition coefficient (Wildman–Crippen LogP) is 4.88. The van der Waals surface area contributed by atoms with E-state index in [0.29, 0.717) is 17.7 Å². The minimum absolute atomic E-state index is 0.0580. The maximum Gasteiger partial charge on any atom is 0.335 e. The minimum atomic E-state index is -0.995. The number of aromatic carboxylic acids is 1. The molecular weight excluding hydrogens is 442 g/mol. The summed E-state index contributed by atoms with van der Waals surface area (Å²) in [5.74, 6) is -0.653. The van der Waals surface area contributed by atoms with Crippen molar-refractivity contribution in [1.29, 1.82) is 0 Å². The van der Waals surface area contributed by atoms with E-state index in [0.717, 1.165) is 22.3 Å². The van der Waals surface area contributed by atoms with Crippen LogP contribution in [0.15, 0.2) is 96.5 Å². The van der Waals surface area contributed by atoms with E-state index >= 15 is 0 Å². The Kier molecular flexibility index (Phi) is 8.78. The summed E-state index contributed by atoms with van der Waals surface area (Å²) < 4.78 is 5.92. The molecule has 0 aliphatic carbocycles. The summed E-state index contributed by atoms with van der Waals surface area (Å²) in [6.07, 6.45) is 7.37. The zero-order valence-electron chi connectivity index (χ0n) is 19.8. The number of aromatic nitrogens is 1. The first kappa shape index (κ1) is 25.2. The van der Waals surface area contributed by atoms with Gasteiger partial charge in [0.2, 0.25) is 0 Å².